The molecule has 0 radical (unpaired) electrons. The van der Waals surface area contributed by atoms with Crippen molar-refractivity contribution in [1.29, 1.82) is 0 Å². The number of nitrogens with one attached hydrogen (secondary N) is 1. The van der Waals surface area contributed by atoms with Gasteiger partial charge in [-0.25, -0.2) is 4.98 Å². The summed E-state index contributed by atoms with van der Waals surface area (Å²) in [7, 11) is 1.81. The summed E-state index contributed by atoms with van der Waals surface area (Å²) in [6.45, 7) is 4.80. The molecule has 1 aromatic carbocycles. The largest absolute Gasteiger partial charge is 0.348 e. The van der Waals surface area contributed by atoms with Gasteiger partial charge in [-0.3, -0.25) is 4.79 Å². The summed E-state index contributed by atoms with van der Waals surface area (Å²) in [6.07, 6.45) is 3.38. The monoisotopic (exact) mass is 257 g/mol. The van der Waals surface area contributed by atoms with Gasteiger partial charge in [0, 0.05) is 31.4 Å². The topological polar surface area (TPSA) is 46.9 Å². The second kappa shape index (κ2) is 5.26. The van der Waals surface area contributed by atoms with Crippen LogP contribution in [0.15, 0.2) is 42.7 Å². The zero-order valence-electron chi connectivity index (χ0n) is 11.6. The van der Waals surface area contributed by atoms with E-state index >= 15 is 0 Å². The van der Waals surface area contributed by atoms with E-state index in [1.807, 2.05) is 25.2 Å². The molecule has 0 fully saturated rings. The molecule has 0 aliphatic heterocycles. The highest BCUT2D eigenvalue weighted by Gasteiger charge is 2.22. The Bertz CT molecular complexity index is 558. The first-order valence-corrected chi connectivity index (χ1v) is 6.32. The SMILES string of the molecule is Cn1ccnc1C(=O)NCC(C)(C)c1ccccc1. The molecule has 2 rings (SSSR count). The van der Waals surface area contributed by atoms with E-state index in [2.05, 4.69) is 36.3 Å². The molecule has 0 bridgehead atoms. The molecule has 1 amide bonds. The smallest absolute Gasteiger partial charge is 0.287 e. The first kappa shape index (κ1) is 13.3. The number of nitrogens with zero attached hydrogens (tertiary/aromatic N) is 2. The van der Waals surface area contributed by atoms with Gasteiger partial charge in [0.15, 0.2) is 5.82 Å². The number of carbonyl (C=O) groups is 1. The Morgan fingerprint density at radius 1 is 1.32 bits per heavy atom. The van der Waals surface area contributed by atoms with Crippen LogP contribution in [0, 0.1) is 0 Å². The molecule has 4 nitrogen and oxygen atoms in total. The van der Waals surface area contributed by atoms with E-state index in [4.69, 9.17) is 0 Å². The van der Waals surface area contributed by atoms with Crippen molar-refractivity contribution in [1.82, 2.24) is 14.9 Å². The van der Waals surface area contributed by atoms with Crippen molar-refractivity contribution in [2.45, 2.75) is 19.3 Å². The van der Waals surface area contributed by atoms with E-state index in [0.29, 0.717) is 12.4 Å². The molecular weight excluding hydrogens is 238 g/mol. The standard InChI is InChI=1S/C15H19N3O/c1-15(2,12-7-5-4-6-8-12)11-17-14(19)13-16-9-10-18(13)3/h4-10H,11H2,1-3H3,(H,17,19). The maximum Gasteiger partial charge on any atom is 0.287 e. The molecule has 0 aliphatic carbocycles. The summed E-state index contributed by atoms with van der Waals surface area (Å²) in [5, 5.41) is 2.94. The predicted molar refractivity (Wildman–Crippen MR) is 75.0 cm³/mol. The third kappa shape index (κ3) is 3.02. The Morgan fingerprint density at radius 3 is 2.58 bits per heavy atom. The van der Waals surface area contributed by atoms with Crippen LogP contribution in [0.3, 0.4) is 0 Å². The van der Waals surface area contributed by atoms with Crippen molar-refractivity contribution < 1.29 is 4.79 Å². The number of hydrogen-bond donors (Lipinski definition) is 1. The van der Waals surface area contributed by atoms with Crippen LogP contribution in [-0.2, 0) is 12.5 Å². The van der Waals surface area contributed by atoms with Gasteiger partial charge < -0.3 is 9.88 Å². The molecule has 1 aromatic heterocycles. The van der Waals surface area contributed by atoms with E-state index in [-0.39, 0.29) is 11.3 Å². The number of amides is 1. The van der Waals surface area contributed by atoms with Gasteiger partial charge in [0.05, 0.1) is 0 Å². The summed E-state index contributed by atoms with van der Waals surface area (Å²) < 4.78 is 1.71. The lowest BCUT2D eigenvalue weighted by Crippen LogP contribution is -2.37. The molecule has 0 aliphatic rings. The number of aromatic nitrogens is 2. The fourth-order valence-electron chi connectivity index (χ4n) is 1.96. The molecule has 2 aromatic rings. The maximum absolute atomic E-state index is 12.0. The Kier molecular flexibility index (Phi) is 3.69. The average molecular weight is 257 g/mol. The molecule has 1 heterocycles. The van der Waals surface area contributed by atoms with E-state index in [1.165, 1.54) is 5.56 Å². The predicted octanol–water partition coefficient (Wildman–Crippen LogP) is 2.13. The summed E-state index contributed by atoms with van der Waals surface area (Å²) in [4.78, 5) is 16.1. The first-order chi connectivity index (χ1) is 9.00. The molecule has 19 heavy (non-hydrogen) atoms. The van der Waals surface area contributed by atoms with Gasteiger partial charge in [0.1, 0.15) is 0 Å². The number of rotatable bonds is 4. The van der Waals surface area contributed by atoms with E-state index < -0.39 is 0 Å². The molecule has 0 unspecified atom stereocenters. The van der Waals surface area contributed by atoms with Crippen molar-refractivity contribution in [3.05, 3.63) is 54.1 Å². The van der Waals surface area contributed by atoms with Crippen LogP contribution in [0.4, 0.5) is 0 Å². The summed E-state index contributed by atoms with van der Waals surface area (Å²) in [5.41, 5.74) is 1.09. The molecule has 0 atom stereocenters. The molecule has 0 spiro atoms. The van der Waals surface area contributed by atoms with Crippen LogP contribution < -0.4 is 5.32 Å². The number of benzene rings is 1. The van der Waals surface area contributed by atoms with Gasteiger partial charge in [0.25, 0.3) is 5.91 Å². The lowest BCUT2D eigenvalue weighted by atomic mass is 9.84. The Morgan fingerprint density at radius 2 is 2.00 bits per heavy atom. The Labute approximate surface area is 113 Å². The van der Waals surface area contributed by atoms with Crippen LogP contribution >= 0.6 is 0 Å². The number of imidazole rings is 1. The molecule has 100 valence electrons. The third-order valence-corrected chi connectivity index (χ3v) is 3.27. The van der Waals surface area contributed by atoms with E-state index in [0.717, 1.165) is 0 Å². The van der Waals surface area contributed by atoms with Gasteiger partial charge in [-0.1, -0.05) is 44.2 Å². The molecule has 0 saturated carbocycles. The number of aryl methyl sites for hydroxylation is 1. The summed E-state index contributed by atoms with van der Waals surface area (Å²) in [5.74, 6) is 0.292. The molecule has 1 N–H and O–H groups in total. The van der Waals surface area contributed by atoms with Crippen molar-refractivity contribution in [3.63, 3.8) is 0 Å². The van der Waals surface area contributed by atoms with Crippen molar-refractivity contribution in [3.8, 4) is 0 Å². The van der Waals surface area contributed by atoms with Gasteiger partial charge >= 0.3 is 0 Å². The second-order valence-electron chi connectivity index (χ2n) is 5.29. The lowest BCUT2D eigenvalue weighted by Gasteiger charge is -2.25. The highest BCUT2D eigenvalue weighted by atomic mass is 16.2. The number of carbonyl (C=O) groups excluding carboxylic acids is 1. The lowest BCUT2D eigenvalue weighted by molar-refractivity contribution is 0.0932. The average Bonchev–Trinajstić information content (AvgIpc) is 2.83. The first-order valence-electron chi connectivity index (χ1n) is 6.32. The van der Waals surface area contributed by atoms with Crippen LogP contribution in [0.2, 0.25) is 0 Å². The van der Waals surface area contributed by atoms with Crippen LogP contribution in [0.25, 0.3) is 0 Å². The summed E-state index contributed by atoms with van der Waals surface area (Å²) >= 11 is 0. The van der Waals surface area contributed by atoms with Crippen molar-refractivity contribution >= 4 is 5.91 Å². The maximum atomic E-state index is 12.0. The van der Waals surface area contributed by atoms with Crippen molar-refractivity contribution in [2.24, 2.45) is 7.05 Å². The van der Waals surface area contributed by atoms with Gasteiger partial charge in [-0.2, -0.15) is 0 Å². The summed E-state index contributed by atoms with van der Waals surface area (Å²) in [6, 6.07) is 10.2. The van der Waals surface area contributed by atoms with Gasteiger partial charge in [-0.15, -0.1) is 0 Å². The van der Waals surface area contributed by atoms with Crippen LogP contribution in [0.1, 0.15) is 30.0 Å². The Balaban J connectivity index is 2.03. The number of hydrogen-bond acceptors (Lipinski definition) is 2. The van der Waals surface area contributed by atoms with Crippen LogP contribution in [-0.4, -0.2) is 22.0 Å². The molecule has 4 heteroatoms. The molecular formula is C15H19N3O. The minimum Gasteiger partial charge on any atom is -0.348 e. The highest BCUT2D eigenvalue weighted by Crippen LogP contribution is 2.21. The van der Waals surface area contributed by atoms with Crippen LogP contribution in [0.5, 0.6) is 0 Å². The minimum absolute atomic E-state index is 0.109. The minimum atomic E-state index is -0.142. The quantitative estimate of drug-likeness (QED) is 0.912. The van der Waals surface area contributed by atoms with E-state index in [1.54, 1.807) is 17.0 Å². The third-order valence-electron chi connectivity index (χ3n) is 3.27. The zero-order valence-corrected chi connectivity index (χ0v) is 11.6. The second-order valence-corrected chi connectivity index (χ2v) is 5.29. The normalized spacial score (nSPS) is 11.3. The van der Waals surface area contributed by atoms with Crippen molar-refractivity contribution in [2.75, 3.05) is 6.54 Å². The highest BCUT2D eigenvalue weighted by molar-refractivity contribution is 5.90. The zero-order chi connectivity index (χ0) is 13.9. The van der Waals surface area contributed by atoms with Gasteiger partial charge in [-0.05, 0) is 5.56 Å². The fourth-order valence-corrected chi connectivity index (χ4v) is 1.96. The molecule has 0 saturated heterocycles. The fraction of sp³-hybridized carbons (Fsp3) is 0.333. The van der Waals surface area contributed by atoms with E-state index in [9.17, 15) is 4.79 Å². The Hall–Kier alpha value is -2.10. The van der Waals surface area contributed by atoms with Gasteiger partial charge in [0.2, 0.25) is 0 Å².